The highest BCUT2D eigenvalue weighted by molar-refractivity contribution is 5.88. The van der Waals surface area contributed by atoms with Crippen molar-refractivity contribution >= 4 is 12.4 Å². The summed E-state index contributed by atoms with van der Waals surface area (Å²) in [6, 6.07) is 0. The van der Waals surface area contributed by atoms with E-state index in [9.17, 15) is 0 Å². The second kappa shape index (κ2) is 17.0. The van der Waals surface area contributed by atoms with Crippen LogP contribution < -0.4 is 34.0 Å². The van der Waals surface area contributed by atoms with Crippen molar-refractivity contribution in [1.29, 1.82) is 0 Å². The van der Waals surface area contributed by atoms with Crippen molar-refractivity contribution in [3.63, 3.8) is 0 Å². The Morgan fingerprint density at radius 1 is 0.786 bits per heavy atom. The molecule has 2 heterocycles. The Morgan fingerprint density at radius 2 is 1.43 bits per heavy atom. The van der Waals surface area contributed by atoms with Gasteiger partial charge in [-0.05, 0) is 12.8 Å². The lowest BCUT2D eigenvalue weighted by Crippen LogP contribution is -3.00. The lowest BCUT2D eigenvalue weighted by atomic mass is 9.86. The molecular formula is C24H34Br2N2. The predicted octanol–water partition coefficient (Wildman–Crippen LogP) is 1.26. The maximum Gasteiger partial charge on any atom is 0.161 e. The van der Waals surface area contributed by atoms with Crippen molar-refractivity contribution in [2.75, 3.05) is 0 Å². The Hall–Kier alpha value is -0.920. The minimum absolute atomic E-state index is 0. The molecule has 0 aromatic carbocycles. The Morgan fingerprint density at radius 3 is 2.04 bits per heavy atom. The van der Waals surface area contributed by atoms with E-state index >= 15 is 0 Å². The van der Waals surface area contributed by atoms with Crippen LogP contribution in [0.5, 0.6) is 0 Å². The standard InChI is InChI=1S/C24H34N2.2BrH/c1-3-5-7-9-11-13-22-19-26-20-23(14-12-10-8-6-4-2)24(22)21-15-17-25-18-16-21;;/h15-17,19H,3-14H2,1-2H3;2*1H/q+2;;/p-2. The molecule has 0 N–H and O–H groups in total. The zero-order valence-corrected chi connectivity index (χ0v) is 20.6. The van der Waals surface area contributed by atoms with Crippen LogP contribution in [0.1, 0.15) is 90.9 Å². The molecular weight excluding hydrogens is 476 g/mol. The van der Waals surface area contributed by atoms with Gasteiger partial charge in [-0.25, -0.2) is 0 Å². The number of hydrogen-bond acceptors (Lipinski definition) is 2. The SMILES string of the molecule is CCCCCCCC1=CN=[C+]C(CCCCCCC)=C1C1=C[C+]=NC=C1.[Br-].[Br-]. The average Bonchev–Trinajstić information content (AvgIpc) is 2.68. The van der Waals surface area contributed by atoms with E-state index in [1.54, 1.807) is 0 Å². The zero-order valence-electron chi connectivity index (χ0n) is 17.4. The van der Waals surface area contributed by atoms with E-state index in [-0.39, 0.29) is 34.0 Å². The Kier molecular flexibility index (Phi) is 16.4. The summed E-state index contributed by atoms with van der Waals surface area (Å²) in [5.41, 5.74) is 5.19. The number of nitrogens with zero attached hydrogens (tertiary/aromatic N) is 2. The number of hydrogen-bond donors (Lipinski definition) is 0. The first-order valence-electron chi connectivity index (χ1n) is 10.6. The number of allylic oxidation sites excluding steroid dienone is 6. The van der Waals surface area contributed by atoms with Crippen molar-refractivity contribution in [1.82, 2.24) is 0 Å². The fourth-order valence-electron chi connectivity index (χ4n) is 3.53. The zero-order chi connectivity index (χ0) is 18.5. The van der Waals surface area contributed by atoms with E-state index < -0.39 is 0 Å². The van der Waals surface area contributed by atoms with E-state index in [0.717, 1.165) is 12.8 Å². The molecule has 0 bridgehead atoms. The van der Waals surface area contributed by atoms with Crippen LogP contribution in [-0.2, 0) is 0 Å². The summed E-state index contributed by atoms with van der Waals surface area (Å²) in [4.78, 5) is 8.52. The van der Waals surface area contributed by atoms with Crippen LogP contribution >= 0.6 is 0 Å². The molecule has 2 aliphatic rings. The maximum absolute atomic E-state index is 4.45. The second-order valence-corrected chi connectivity index (χ2v) is 7.25. The third kappa shape index (κ3) is 9.52. The highest BCUT2D eigenvalue weighted by Crippen LogP contribution is 2.33. The molecule has 0 unspecified atom stereocenters. The summed E-state index contributed by atoms with van der Waals surface area (Å²) in [6.45, 7) is 4.53. The van der Waals surface area contributed by atoms with E-state index in [2.05, 4.69) is 42.3 Å². The highest BCUT2D eigenvalue weighted by Gasteiger charge is 2.30. The molecule has 0 saturated carbocycles. The smallest absolute Gasteiger partial charge is 0.161 e. The maximum atomic E-state index is 4.45. The molecule has 0 amide bonds. The van der Waals surface area contributed by atoms with Gasteiger partial charge < -0.3 is 34.0 Å². The van der Waals surface area contributed by atoms with Crippen molar-refractivity contribution < 1.29 is 34.0 Å². The molecule has 0 aromatic heterocycles. The average molecular weight is 510 g/mol. The third-order valence-electron chi connectivity index (χ3n) is 5.03. The normalized spacial score (nSPS) is 14.5. The van der Waals surface area contributed by atoms with Gasteiger partial charge in [0.1, 0.15) is 24.0 Å². The molecule has 0 atom stereocenters. The van der Waals surface area contributed by atoms with Gasteiger partial charge in [0.15, 0.2) is 29.1 Å². The van der Waals surface area contributed by atoms with Crippen molar-refractivity contribution in [2.24, 2.45) is 9.98 Å². The minimum atomic E-state index is 0. The van der Waals surface area contributed by atoms with Gasteiger partial charge in [0.25, 0.3) is 0 Å². The van der Waals surface area contributed by atoms with Gasteiger partial charge in [-0.15, -0.1) is 0 Å². The first-order chi connectivity index (χ1) is 12.9. The van der Waals surface area contributed by atoms with E-state index in [1.807, 2.05) is 18.5 Å². The molecule has 2 aliphatic heterocycles. The monoisotopic (exact) mass is 508 g/mol. The first-order valence-corrected chi connectivity index (χ1v) is 10.6. The van der Waals surface area contributed by atoms with Gasteiger partial charge in [0, 0.05) is 12.8 Å². The Labute approximate surface area is 193 Å². The molecule has 28 heavy (non-hydrogen) atoms. The van der Waals surface area contributed by atoms with Crippen LogP contribution in [0, 0.1) is 0 Å². The Bertz CT molecular complexity index is 610. The molecule has 0 aromatic rings. The molecule has 0 saturated heterocycles. The summed E-state index contributed by atoms with van der Waals surface area (Å²) < 4.78 is 0. The molecule has 154 valence electrons. The van der Waals surface area contributed by atoms with Gasteiger partial charge in [-0.1, -0.05) is 75.2 Å². The number of halogens is 2. The van der Waals surface area contributed by atoms with Crippen LogP contribution in [0.4, 0.5) is 0 Å². The number of aliphatic imine (C=N–C) groups is 2. The summed E-state index contributed by atoms with van der Waals surface area (Å²) >= 11 is 0. The van der Waals surface area contributed by atoms with Crippen molar-refractivity contribution in [2.45, 2.75) is 90.9 Å². The third-order valence-corrected chi connectivity index (χ3v) is 5.03. The lowest BCUT2D eigenvalue weighted by Gasteiger charge is -2.09. The highest BCUT2D eigenvalue weighted by atomic mass is 79.9. The fourth-order valence-corrected chi connectivity index (χ4v) is 3.53. The van der Waals surface area contributed by atoms with Gasteiger partial charge in [-0.2, -0.15) is 0 Å². The van der Waals surface area contributed by atoms with E-state index in [4.69, 9.17) is 0 Å². The summed E-state index contributed by atoms with van der Waals surface area (Å²) in [6.07, 6.45) is 29.4. The lowest BCUT2D eigenvalue weighted by molar-refractivity contribution is -0.00100. The quantitative estimate of drug-likeness (QED) is 0.264. The predicted molar refractivity (Wildman–Crippen MR) is 114 cm³/mol. The molecule has 2 nitrogen and oxygen atoms in total. The Balaban J connectivity index is 0.00000364. The van der Waals surface area contributed by atoms with Crippen LogP contribution in [0.2, 0.25) is 0 Å². The second-order valence-electron chi connectivity index (χ2n) is 7.25. The van der Waals surface area contributed by atoms with Gasteiger partial charge in [0.2, 0.25) is 0 Å². The molecule has 0 spiro atoms. The molecule has 0 aliphatic carbocycles. The first kappa shape index (κ1) is 27.1. The minimum Gasteiger partial charge on any atom is -1.00 e. The summed E-state index contributed by atoms with van der Waals surface area (Å²) in [5, 5.41) is 0. The van der Waals surface area contributed by atoms with Gasteiger partial charge in [-0.3, -0.25) is 0 Å². The summed E-state index contributed by atoms with van der Waals surface area (Å²) in [5.74, 6) is 0. The van der Waals surface area contributed by atoms with Crippen LogP contribution in [-0.4, -0.2) is 12.4 Å². The van der Waals surface area contributed by atoms with Crippen LogP contribution in [0.3, 0.4) is 0 Å². The number of unbranched alkanes of at least 4 members (excludes halogenated alkanes) is 8. The fraction of sp³-hybridized carbons (Fsp3) is 0.583. The topological polar surface area (TPSA) is 24.7 Å². The molecule has 0 radical (unpaired) electrons. The molecule has 4 heteroatoms. The van der Waals surface area contributed by atoms with E-state index in [1.165, 1.54) is 86.5 Å². The van der Waals surface area contributed by atoms with Crippen molar-refractivity contribution in [3.8, 4) is 0 Å². The van der Waals surface area contributed by atoms with Crippen molar-refractivity contribution in [3.05, 3.63) is 46.8 Å². The largest absolute Gasteiger partial charge is 1.00 e. The van der Waals surface area contributed by atoms with Crippen LogP contribution in [0.15, 0.2) is 56.8 Å². The molecule has 0 fully saturated rings. The van der Waals surface area contributed by atoms with Gasteiger partial charge >= 0.3 is 0 Å². The summed E-state index contributed by atoms with van der Waals surface area (Å²) in [7, 11) is 0. The molecule has 2 rings (SSSR count). The number of rotatable bonds is 13. The van der Waals surface area contributed by atoms with E-state index in [0.29, 0.717) is 0 Å². The van der Waals surface area contributed by atoms with Crippen LogP contribution in [0.25, 0.3) is 0 Å². The van der Waals surface area contributed by atoms with Gasteiger partial charge in [0.05, 0.1) is 6.08 Å².